The molecule has 1 aliphatic carbocycles. The average molecular weight is 231 g/mol. The van der Waals surface area contributed by atoms with Crippen LogP contribution in [0.1, 0.15) is 43.9 Å². The first-order chi connectivity index (χ1) is 8.28. The van der Waals surface area contributed by atoms with Gasteiger partial charge >= 0.3 is 0 Å². The van der Waals surface area contributed by atoms with Gasteiger partial charge in [0.2, 0.25) is 0 Å². The number of pyridine rings is 1. The van der Waals surface area contributed by atoms with Crippen molar-refractivity contribution in [2.45, 2.75) is 51.6 Å². The van der Waals surface area contributed by atoms with E-state index < -0.39 is 0 Å². The number of allylic oxidation sites excluding steroid dienone is 1. The van der Waals surface area contributed by atoms with Crippen LogP contribution in [-0.2, 0) is 12.8 Å². The topological polar surface area (TPSA) is 33.1 Å². The van der Waals surface area contributed by atoms with E-state index in [-0.39, 0.29) is 6.10 Å². The Balaban J connectivity index is 2.03. The maximum absolute atomic E-state index is 9.72. The molecule has 2 rings (SSSR count). The Bertz CT molecular complexity index is 380. The van der Waals surface area contributed by atoms with Gasteiger partial charge in [-0.1, -0.05) is 31.1 Å². The second-order valence-corrected chi connectivity index (χ2v) is 4.83. The summed E-state index contributed by atoms with van der Waals surface area (Å²) in [5.41, 5.74) is 3.73. The molecule has 1 unspecified atom stereocenters. The Morgan fingerprint density at radius 1 is 1.35 bits per heavy atom. The first-order valence-corrected chi connectivity index (χ1v) is 6.59. The lowest BCUT2D eigenvalue weighted by molar-refractivity contribution is 0.211. The van der Waals surface area contributed by atoms with Crippen molar-refractivity contribution >= 4 is 0 Å². The molecule has 1 heterocycles. The predicted octanol–water partition coefficient (Wildman–Crippen LogP) is 3.05. The van der Waals surface area contributed by atoms with E-state index in [0.29, 0.717) is 0 Å². The van der Waals surface area contributed by atoms with Gasteiger partial charge in [-0.2, -0.15) is 0 Å². The van der Waals surface area contributed by atoms with Gasteiger partial charge in [-0.25, -0.2) is 0 Å². The van der Waals surface area contributed by atoms with Crippen LogP contribution >= 0.6 is 0 Å². The summed E-state index contributed by atoms with van der Waals surface area (Å²) in [6, 6.07) is 4.26. The Hall–Kier alpha value is -1.15. The third-order valence-corrected chi connectivity index (χ3v) is 3.38. The number of aromatic nitrogens is 1. The number of aliphatic hydroxyl groups excluding tert-OH is 1. The molecule has 17 heavy (non-hydrogen) atoms. The number of aliphatic hydroxyl groups is 1. The van der Waals surface area contributed by atoms with Crippen LogP contribution < -0.4 is 0 Å². The molecule has 0 saturated carbocycles. The summed E-state index contributed by atoms with van der Waals surface area (Å²) in [7, 11) is 0. The third kappa shape index (κ3) is 3.67. The van der Waals surface area contributed by atoms with Crippen molar-refractivity contribution in [3.63, 3.8) is 0 Å². The van der Waals surface area contributed by atoms with E-state index in [4.69, 9.17) is 0 Å². The fourth-order valence-corrected chi connectivity index (χ4v) is 2.29. The van der Waals surface area contributed by atoms with Gasteiger partial charge in [-0.05, 0) is 37.3 Å². The van der Waals surface area contributed by atoms with Crippen LogP contribution in [0.2, 0.25) is 0 Å². The van der Waals surface area contributed by atoms with Crippen LogP contribution in [0, 0.1) is 0 Å². The van der Waals surface area contributed by atoms with Gasteiger partial charge < -0.3 is 5.11 Å². The van der Waals surface area contributed by atoms with Crippen LogP contribution in [0.4, 0.5) is 0 Å². The van der Waals surface area contributed by atoms with E-state index in [9.17, 15) is 5.11 Å². The van der Waals surface area contributed by atoms with E-state index in [2.05, 4.69) is 24.0 Å². The molecule has 2 nitrogen and oxygen atoms in total. The zero-order valence-electron chi connectivity index (χ0n) is 10.5. The molecule has 0 bridgehead atoms. The van der Waals surface area contributed by atoms with Crippen LogP contribution in [0.15, 0.2) is 30.0 Å². The number of aryl methyl sites for hydroxylation is 1. The summed E-state index contributed by atoms with van der Waals surface area (Å²) < 4.78 is 0. The summed E-state index contributed by atoms with van der Waals surface area (Å²) in [5.74, 6) is 0. The third-order valence-electron chi connectivity index (χ3n) is 3.38. The molecule has 1 aromatic rings. The largest absolute Gasteiger partial charge is 0.389 e. The molecule has 0 amide bonds. The Morgan fingerprint density at radius 2 is 2.24 bits per heavy atom. The molecule has 0 aliphatic heterocycles. The smallest absolute Gasteiger partial charge is 0.0723 e. The molecule has 92 valence electrons. The molecule has 1 N–H and O–H groups in total. The van der Waals surface area contributed by atoms with Crippen molar-refractivity contribution in [3.8, 4) is 0 Å². The SMILES string of the molecule is CCc1ccc(CC2=CC(O)CCCC2)nc1. The molecule has 2 heteroatoms. The minimum atomic E-state index is -0.248. The van der Waals surface area contributed by atoms with Gasteiger partial charge in [-0.3, -0.25) is 4.98 Å². The number of hydrogen-bond acceptors (Lipinski definition) is 2. The van der Waals surface area contributed by atoms with Crippen molar-refractivity contribution in [1.82, 2.24) is 4.98 Å². The first kappa shape index (κ1) is 12.3. The second kappa shape index (κ2) is 5.97. The van der Waals surface area contributed by atoms with Gasteiger partial charge in [0.15, 0.2) is 0 Å². The Morgan fingerprint density at radius 3 is 2.94 bits per heavy atom. The van der Waals surface area contributed by atoms with Crippen molar-refractivity contribution in [2.24, 2.45) is 0 Å². The van der Waals surface area contributed by atoms with Crippen LogP contribution in [0.3, 0.4) is 0 Å². The number of rotatable bonds is 3. The summed E-state index contributed by atoms with van der Waals surface area (Å²) in [5, 5.41) is 9.72. The van der Waals surface area contributed by atoms with Crippen LogP contribution in [0.5, 0.6) is 0 Å². The van der Waals surface area contributed by atoms with E-state index in [1.54, 1.807) is 0 Å². The highest BCUT2D eigenvalue weighted by molar-refractivity contribution is 5.20. The molecule has 0 aromatic carbocycles. The quantitative estimate of drug-likeness (QED) is 0.811. The second-order valence-electron chi connectivity index (χ2n) is 4.83. The van der Waals surface area contributed by atoms with Gasteiger partial charge in [0.05, 0.1) is 6.10 Å². The fourth-order valence-electron chi connectivity index (χ4n) is 2.29. The van der Waals surface area contributed by atoms with Crippen LogP contribution in [-0.4, -0.2) is 16.2 Å². The number of hydrogen-bond donors (Lipinski definition) is 1. The van der Waals surface area contributed by atoms with E-state index >= 15 is 0 Å². The van der Waals surface area contributed by atoms with Gasteiger partial charge in [0.25, 0.3) is 0 Å². The molecule has 1 aliphatic rings. The molecular weight excluding hydrogens is 210 g/mol. The van der Waals surface area contributed by atoms with Crippen molar-refractivity contribution in [1.29, 1.82) is 0 Å². The maximum Gasteiger partial charge on any atom is 0.0723 e. The molecule has 0 radical (unpaired) electrons. The standard InChI is InChI=1S/C15H21NO/c1-2-12-7-8-14(16-11-12)9-13-5-3-4-6-15(17)10-13/h7-8,10-11,15,17H,2-6,9H2,1H3. The monoisotopic (exact) mass is 231 g/mol. The van der Waals surface area contributed by atoms with E-state index in [1.165, 1.54) is 17.6 Å². The lowest BCUT2D eigenvalue weighted by Gasteiger charge is -2.06. The molecule has 0 fully saturated rings. The van der Waals surface area contributed by atoms with Crippen molar-refractivity contribution in [2.75, 3.05) is 0 Å². The fraction of sp³-hybridized carbons (Fsp3) is 0.533. The number of nitrogens with zero attached hydrogens (tertiary/aromatic N) is 1. The minimum absolute atomic E-state index is 0.248. The molecule has 0 spiro atoms. The first-order valence-electron chi connectivity index (χ1n) is 6.59. The molecule has 0 saturated heterocycles. The zero-order valence-corrected chi connectivity index (χ0v) is 10.5. The summed E-state index contributed by atoms with van der Waals surface area (Å²) >= 11 is 0. The predicted molar refractivity (Wildman–Crippen MR) is 69.9 cm³/mol. The summed E-state index contributed by atoms with van der Waals surface area (Å²) in [6.45, 7) is 2.14. The molecular formula is C15H21NO. The Labute approximate surface area is 103 Å². The highest BCUT2D eigenvalue weighted by Gasteiger charge is 2.10. The summed E-state index contributed by atoms with van der Waals surface area (Å²) in [4.78, 5) is 4.48. The highest BCUT2D eigenvalue weighted by Crippen LogP contribution is 2.20. The lowest BCUT2D eigenvalue weighted by atomic mass is 10.0. The van der Waals surface area contributed by atoms with Gasteiger partial charge in [0.1, 0.15) is 0 Å². The normalized spacial score (nSPS) is 20.8. The Kier molecular flexibility index (Phi) is 4.32. The van der Waals surface area contributed by atoms with Crippen molar-refractivity contribution in [3.05, 3.63) is 41.2 Å². The molecule has 1 atom stereocenters. The van der Waals surface area contributed by atoms with E-state index in [0.717, 1.165) is 37.8 Å². The average Bonchev–Trinajstić information content (AvgIpc) is 2.55. The molecule has 1 aromatic heterocycles. The lowest BCUT2D eigenvalue weighted by Crippen LogP contribution is -2.01. The minimum Gasteiger partial charge on any atom is -0.389 e. The highest BCUT2D eigenvalue weighted by atomic mass is 16.3. The maximum atomic E-state index is 9.72. The van der Waals surface area contributed by atoms with Crippen LogP contribution in [0.25, 0.3) is 0 Å². The summed E-state index contributed by atoms with van der Waals surface area (Å²) in [6.07, 6.45) is 10.0. The van der Waals surface area contributed by atoms with Gasteiger partial charge in [0, 0.05) is 18.3 Å². The van der Waals surface area contributed by atoms with E-state index in [1.807, 2.05) is 12.3 Å². The van der Waals surface area contributed by atoms with Crippen molar-refractivity contribution < 1.29 is 5.11 Å². The van der Waals surface area contributed by atoms with Gasteiger partial charge in [-0.15, -0.1) is 0 Å². The zero-order chi connectivity index (χ0) is 12.1.